The molecule has 37 heavy (non-hydrogen) atoms. The van der Waals surface area contributed by atoms with Crippen LogP contribution in [-0.4, -0.2) is 28.6 Å². The number of hydrogen-bond donors (Lipinski definition) is 1. The second kappa shape index (κ2) is 12.0. The van der Waals surface area contributed by atoms with Gasteiger partial charge < -0.3 is 14.6 Å². The molecule has 0 bridgehead atoms. The van der Waals surface area contributed by atoms with Gasteiger partial charge in [0.2, 0.25) is 0 Å². The van der Waals surface area contributed by atoms with Crippen molar-refractivity contribution >= 4 is 46.4 Å². The Labute approximate surface area is 224 Å². The Morgan fingerprint density at radius 1 is 1.03 bits per heavy atom. The zero-order valence-corrected chi connectivity index (χ0v) is 21.8. The molecule has 0 aliphatic carbocycles. The summed E-state index contributed by atoms with van der Waals surface area (Å²) in [5.74, 6) is -0.979. The topological polar surface area (TPSA) is 85.2 Å². The van der Waals surface area contributed by atoms with E-state index in [1.807, 2.05) is 42.5 Å². The minimum atomic E-state index is -0.750. The maximum atomic E-state index is 12.9. The van der Waals surface area contributed by atoms with E-state index >= 15 is 0 Å². The Hall–Kier alpha value is -3.81. The smallest absolute Gasteiger partial charge is 0.344 e. The number of aliphatic imine (C=N–C) groups is 1. The number of aryl methyl sites for hydroxylation is 1. The van der Waals surface area contributed by atoms with Gasteiger partial charge in [0.1, 0.15) is 28.7 Å². The fraction of sp³-hybridized carbons (Fsp3) is 0.138. The average molecular weight is 534 g/mol. The number of para-hydroxylation sites is 1. The van der Waals surface area contributed by atoms with Crippen LogP contribution in [0, 0.1) is 6.92 Å². The number of aliphatic hydroxyl groups excluding tert-OH is 1. The maximum absolute atomic E-state index is 12.9. The zero-order chi connectivity index (χ0) is 26.4. The van der Waals surface area contributed by atoms with Gasteiger partial charge in [-0.15, -0.1) is 0 Å². The van der Waals surface area contributed by atoms with E-state index in [9.17, 15) is 14.7 Å². The number of ether oxygens (including phenoxy) is 2. The Morgan fingerprint density at radius 2 is 1.73 bits per heavy atom. The van der Waals surface area contributed by atoms with Crippen molar-refractivity contribution in [2.45, 2.75) is 20.5 Å². The van der Waals surface area contributed by atoms with Crippen LogP contribution in [0.25, 0.3) is 6.08 Å². The van der Waals surface area contributed by atoms with Crippen LogP contribution in [0.1, 0.15) is 34.0 Å². The van der Waals surface area contributed by atoms with E-state index in [0.717, 1.165) is 22.9 Å². The van der Waals surface area contributed by atoms with E-state index in [1.54, 1.807) is 50.3 Å². The summed E-state index contributed by atoms with van der Waals surface area (Å²) >= 11 is 6.98. The molecular formula is C29H24ClNO5S. The molecule has 8 heteroatoms. The number of carbonyl (C=O) groups is 2. The van der Waals surface area contributed by atoms with Gasteiger partial charge in [-0.05, 0) is 55.3 Å². The van der Waals surface area contributed by atoms with Crippen LogP contribution in [0.4, 0.5) is 0 Å². The third-order valence-electron chi connectivity index (χ3n) is 5.46. The summed E-state index contributed by atoms with van der Waals surface area (Å²) < 4.78 is 11.1. The number of nitrogens with zero attached hydrogens (tertiary/aromatic N) is 1. The molecule has 0 saturated heterocycles. The summed E-state index contributed by atoms with van der Waals surface area (Å²) in [5, 5.41) is 11.7. The molecule has 1 aliphatic rings. The molecule has 0 saturated carbocycles. The van der Waals surface area contributed by atoms with Crippen molar-refractivity contribution in [2.24, 2.45) is 4.99 Å². The SMILES string of the molecule is CCOC(=O)C1=C(O)/C(=C\c2ccccc2OCc2ccc(Cl)cc2)SC1=NC(=O)c1ccccc1C. The second-order valence-corrected chi connectivity index (χ2v) is 9.51. The lowest BCUT2D eigenvalue weighted by Gasteiger charge is -2.10. The summed E-state index contributed by atoms with van der Waals surface area (Å²) in [6.07, 6.45) is 1.69. The van der Waals surface area contributed by atoms with E-state index in [2.05, 4.69) is 4.99 Å². The number of carbonyl (C=O) groups excluding carboxylic acids is 2. The first-order valence-corrected chi connectivity index (χ1v) is 12.7. The molecule has 0 fully saturated rings. The van der Waals surface area contributed by atoms with Crippen LogP contribution >= 0.6 is 23.4 Å². The van der Waals surface area contributed by atoms with Gasteiger partial charge in [-0.3, -0.25) is 4.79 Å². The van der Waals surface area contributed by atoms with Crippen molar-refractivity contribution in [3.63, 3.8) is 0 Å². The Balaban J connectivity index is 1.66. The predicted molar refractivity (Wildman–Crippen MR) is 147 cm³/mol. The molecule has 4 rings (SSSR count). The molecule has 1 aliphatic heterocycles. The first-order valence-electron chi connectivity index (χ1n) is 11.5. The number of thioether (sulfide) groups is 1. The zero-order valence-electron chi connectivity index (χ0n) is 20.2. The van der Waals surface area contributed by atoms with Gasteiger partial charge in [-0.1, -0.05) is 71.9 Å². The second-order valence-electron chi connectivity index (χ2n) is 8.04. The van der Waals surface area contributed by atoms with E-state index < -0.39 is 11.9 Å². The van der Waals surface area contributed by atoms with Gasteiger partial charge in [0, 0.05) is 16.1 Å². The molecule has 188 valence electrons. The molecule has 0 unspecified atom stereocenters. The van der Waals surface area contributed by atoms with Gasteiger partial charge in [0.25, 0.3) is 5.91 Å². The number of hydrogen-bond acceptors (Lipinski definition) is 6. The molecule has 3 aromatic rings. The number of amides is 1. The van der Waals surface area contributed by atoms with Crippen LogP contribution in [0.5, 0.6) is 5.75 Å². The Morgan fingerprint density at radius 3 is 2.46 bits per heavy atom. The predicted octanol–water partition coefficient (Wildman–Crippen LogP) is 6.93. The molecule has 3 aromatic carbocycles. The lowest BCUT2D eigenvalue weighted by atomic mass is 10.1. The molecule has 1 N–H and O–H groups in total. The molecule has 0 atom stereocenters. The number of benzene rings is 3. The molecule has 0 aromatic heterocycles. The highest BCUT2D eigenvalue weighted by molar-refractivity contribution is 8.18. The summed E-state index contributed by atoms with van der Waals surface area (Å²) in [5.41, 5.74) is 2.66. The summed E-state index contributed by atoms with van der Waals surface area (Å²) in [6.45, 7) is 3.90. The van der Waals surface area contributed by atoms with Crippen molar-refractivity contribution in [3.05, 3.63) is 116 Å². The van der Waals surface area contributed by atoms with Crippen LogP contribution in [0.15, 0.2) is 94.0 Å². The lowest BCUT2D eigenvalue weighted by Crippen LogP contribution is -2.14. The Kier molecular flexibility index (Phi) is 8.48. The number of aliphatic hydroxyl groups is 1. The van der Waals surface area contributed by atoms with Crippen molar-refractivity contribution in [1.29, 1.82) is 0 Å². The minimum Gasteiger partial charge on any atom is -0.506 e. The first kappa shape index (κ1) is 26.3. The molecule has 0 radical (unpaired) electrons. The normalized spacial score (nSPS) is 15.3. The molecule has 0 spiro atoms. The number of esters is 1. The van der Waals surface area contributed by atoms with Gasteiger partial charge in [0.15, 0.2) is 0 Å². The fourth-order valence-corrected chi connectivity index (χ4v) is 4.70. The third kappa shape index (κ3) is 6.31. The van der Waals surface area contributed by atoms with Crippen LogP contribution in [-0.2, 0) is 16.1 Å². The van der Waals surface area contributed by atoms with Gasteiger partial charge >= 0.3 is 5.97 Å². The monoisotopic (exact) mass is 533 g/mol. The van der Waals surface area contributed by atoms with Crippen LogP contribution in [0.3, 0.4) is 0 Å². The van der Waals surface area contributed by atoms with Gasteiger partial charge in [-0.25, -0.2) is 9.79 Å². The molecule has 1 amide bonds. The van der Waals surface area contributed by atoms with E-state index in [0.29, 0.717) is 33.4 Å². The van der Waals surface area contributed by atoms with E-state index in [1.165, 1.54) is 0 Å². The molecule has 6 nitrogen and oxygen atoms in total. The number of rotatable bonds is 7. The van der Waals surface area contributed by atoms with Gasteiger partial charge in [-0.2, -0.15) is 0 Å². The highest BCUT2D eigenvalue weighted by Gasteiger charge is 2.34. The standard InChI is InChI=1S/C29H24ClNO5S/c1-3-35-29(34)25-26(32)24(37-28(25)31-27(33)22-10-6-4-8-18(22)2)16-20-9-5-7-11-23(20)36-17-19-12-14-21(30)15-13-19/h4-16,32H,3,17H2,1-2H3/b24-16+,31-28?. The van der Waals surface area contributed by atoms with Gasteiger partial charge in [0.05, 0.1) is 11.5 Å². The average Bonchev–Trinajstić information content (AvgIpc) is 3.19. The summed E-state index contributed by atoms with van der Waals surface area (Å²) in [4.78, 5) is 30.1. The van der Waals surface area contributed by atoms with Crippen LogP contribution in [0.2, 0.25) is 5.02 Å². The largest absolute Gasteiger partial charge is 0.506 e. The van der Waals surface area contributed by atoms with Crippen molar-refractivity contribution in [2.75, 3.05) is 6.61 Å². The Bertz CT molecular complexity index is 1430. The first-order chi connectivity index (χ1) is 17.9. The highest BCUT2D eigenvalue weighted by atomic mass is 35.5. The highest BCUT2D eigenvalue weighted by Crippen LogP contribution is 2.40. The lowest BCUT2D eigenvalue weighted by molar-refractivity contribution is -0.138. The number of halogens is 1. The molecule has 1 heterocycles. The third-order valence-corrected chi connectivity index (χ3v) is 6.73. The summed E-state index contributed by atoms with van der Waals surface area (Å²) in [7, 11) is 0. The van der Waals surface area contributed by atoms with E-state index in [-0.39, 0.29) is 23.0 Å². The van der Waals surface area contributed by atoms with Crippen molar-refractivity contribution < 1.29 is 24.2 Å². The van der Waals surface area contributed by atoms with Crippen molar-refractivity contribution in [1.82, 2.24) is 0 Å². The minimum absolute atomic E-state index is 0.0787. The van der Waals surface area contributed by atoms with E-state index in [4.69, 9.17) is 21.1 Å². The van der Waals surface area contributed by atoms with Crippen molar-refractivity contribution in [3.8, 4) is 5.75 Å². The molecular weight excluding hydrogens is 510 g/mol. The fourth-order valence-electron chi connectivity index (χ4n) is 3.57. The quantitative estimate of drug-likeness (QED) is 0.331. The maximum Gasteiger partial charge on any atom is 0.344 e. The summed E-state index contributed by atoms with van der Waals surface area (Å²) in [6, 6.07) is 21.7. The van der Waals surface area contributed by atoms with Crippen LogP contribution < -0.4 is 4.74 Å².